The average molecular weight is 442 g/mol. The fraction of sp³-hybridized carbons (Fsp3) is 0.433. The Hall–Kier alpha value is -2.81. The Bertz CT molecular complexity index is 1220. The molecule has 0 saturated heterocycles. The molecule has 0 aromatic heterocycles. The van der Waals surface area contributed by atoms with Crippen LogP contribution in [0.5, 0.6) is 0 Å². The maximum atomic E-state index is 5.05. The molecule has 0 N–H and O–H groups in total. The van der Waals surface area contributed by atoms with Crippen LogP contribution in [0.25, 0.3) is 0 Å². The van der Waals surface area contributed by atoms with Crippen LogP contribution in [0.15, 0.2) is 26.8 Å². The minimum atomic E-state index is 0.795. The molecular weight excluding hydrogens is 402 g/mol. The summed E-state index contributed by atoms with van der Waals surface area (Å²) in [5.74, 6) is 0. The zero-order valence-corrected chi connectivity index (χ0v) is 22.6. The first-order valence-corrected chi connectivity index (χ1v) is 11.9. The first kappa shape index (κ1) is 24.8. The Balaban J connectivity index is 1.97. The van der Waals surface area contributed by atoms with E-state index in [1.165, 1.54) is 55.6 Å². The molecule has 0 amide bonds. The Morgan fingerprint density at radius 2 is 0.879 bits per heavy atom. The van der Waals surface area contributed by atoms with Crippen LogP contribution in [0.1, 0.15) is 75.9 Å². The van der Waals surface area contributed by atoms with Crippen LogP contribution in [0, 0.1) is 69.2 Å². The Morgan fingerprint density at radius 3 is 1.27 bits per heavy atom. The fourth-order valence-electron chi connectivity index (χ4n) is 4.64. The van der Waals surface area contributed by atoms with Crippen LogP contribution in [-0.2, 0) is 0 Å². The lowest BCUT2D eigenvalue weighted by atomic mass is 9.93. The Labute approximate surface area is 200 Å². The van der Waals surface area contributed by atoms with Gasteiger partial charge in [0.05, 0.1) is 34.2 Å². The topological polar surface area (TPSA) is 37.1 Å². The lowest BCUT2D eigenvalue weighted by molar-refractivity contribution is 1.16. The zero-order chi connectivity index (χ0) is 24.8. The molecule has 0 aliphatic carbocycles. The van der Waals surface area contributed by atoms with Gasteiger partial charge >= 0.3 is 0 Å². The molecule has 0 unspecified atom stereocenters. The summed E-state index contributed by atoms with van der Waals surface area (Å²) in [6, 6.07) is 0. The van der Waals surface area contributed by atoms with Crippen molar-refractivity contribution in [2.45, 2.75) is 89.5 Å². The maximum absolute atomic E-state index is 5.05. The SMILES string of the molecule is CC(=Nc1c(C)c(C)c(C)c(C)c1C)C1=CCC(C(C)=Nc2c(C)c(C)c(C)c(C)c2C)=N1. The predicted octanol–water partition coefficient (Wildman–Crippen LogP) is 8.38. The molecule has 3 nitrogen and oxygen atoms in total. The van der Waals surface area contributed by atoms with Crippen LogP contribution < -0.4 is 0 Å². The third-order valence-corrected chi connectivity index (χ3v) is 8.01. The van der Waals surface area contributed by atoms with Crippen molar-refractivity contribution in [2.75, 3.05) is 0 Å². The van der Waals surface area contributed by atoms with Gasteiger partial charge in [-0.05, 0) is 139 Å². The third kappa shape index (κ3) is 4.38. The fourth-order valence-corrected chi connectivity index (χ4v) is 4.64. The summed E-state index contributed by atoms with van der Waals surface area (Å²) >= 11 is 0. The predicted molar refractivity (Wildman–Crippen MR) is 146 cm³/mol. The van der Waals surface area contributed by atoms with Gasteiger partial charge in [-0.1, -0.05) is 6.08 Å². The summed E-state index contributed by atoms with van der Waals surface area (Å²) in [6.07, 6.45) is 2.97. The summed E-state index contributed by atoms with van der Waals surface area (Å²) in [7, 11) is 0. The smallest absolute Gasteiger partial charge is 0.0810 e. The zero-order valence-electron chi connectivity index (χ0n) is 22.6. The van der Waals surface area contributed by atoms with Crippen LogP contribution in [-0.4, -0.2) is 17.1 Å². The van der Waals surface area contributed by atoms with Crippen LogP contribution in [0.3, 0.4) is 0 Å². The van der Waals surface area contributed by atoms with Crippen molar-refractivity contribution in [3.8, 4) is 0 Å². The van der Waals surface area contributed by atoms with Crippen molar-refractivity contribution in [2.24, 2.45) is 15.0 Å². The van der Waals surface area contributed by atoms with Gasteiger partial charge in [-0.3, -0.25) is 9.98 Å². The second-order valence-corrected chi connectivity index (χ2v) is 9.69. The highest BCUT2D eigenvalue weighted by atomic mass is 14.9. The largest absolute Gasteiger partial charge is 0.251 e. The van der Waals surface area contributed by atoms with Crippen LogP contribution in [0.2, 0.25) is 0 Å². The molecule has 2 aromatic rings. The van der Waals surface area contributed by atoms with Gasteiger partial charge in [-0.15, -0.1) is 0 Å². The molecule has 1 aliphatic heterocycles. The normalized spacial score (nSPS) is 14.7. The van der Waals surface area contributed by atoms with E-state index >= 15 is 0 Å². The van der Waals surface area contributed by atoms with E-state index in [0.717, 1.165) is 40.6 Å². The number of hydrogen-bond acceptors (Lipinski definition) is 3. The molecule has 2 aromatic carbocycles. The van der Waals surface area contributed by atoms with E-state index in [0.29, 0.717) is 0 Å². The molecule has 0 radical (unpaired) electrons. The number of allylic oxidation sites excluding steroid dienone is 2. The van der Waals surface area contributed by atoms with Gasteiger partial charge in [0.1, 0.15) is 0 Å². The number of aliphatic imine (C=N–C) groups is 3. The van der Waals surface area contributed by atoms with Gasteiger partial charge in [-0.25, -0.2) is 4.99 Å². The van der Waals surface area contributed by atoms with Crippen molar-refractivity contribution >= 4 is 28.5 Å². The average Bonchev–Trinajstić information content (AvgIpc) is 3.30. The summed E-state index contributed by atoms with van der Waals surface area (Å²) in [6.45, 7) is 26.0. The van der Waals surface area contributed by atoms with E-state index in [1.807, 2.05) is 0 Å². The van der Waals surface area contributed by atoms with Gasteiger partial charge in [-0.2, -0.15) is 0 Å². The Morgan fingerprint density at radius 1 is 0.545 bits per heavy atom. The van der Waals surface area contributed by atoms with Crippen LogP contribution >= 0.6 is 0 Å². The van der Waals surface area contributed by atoms with Crippen molar-refractivity contribution in [3.05, 3.63) is 67.4 Å². The molecule has 0 spiro atoms. The van der Waals surface area contributed by atoms with Crippen molar-refractivity contribution in [1.82, 2.24) is 0 Å². The van der Waals surface area contributed by atoms with Crippen molar-refractivity contribution in [1.29, 1.82) is 0 Å². The third-order valence-electron chi connectivity index (χ3n) is 8.01. The van der Waals surface area contributed by atoms with E-state index in [-0.39, 0.29) is 0 Å². The molecule has 33 heavy (non-hydrogen) atoms. The molecule has 0 atom stereocenters. The van der Waals surface area contributed by atoms with Gasteiger partial charge in [0.15, 0.2) is 0 Å². The van der Waals surface area contributed by atoms with Gasteiger partial charge in [0.25, 0.3) is 0 Å². The number of nitrogens with zero attached hydrogens (tertiary/aromatic N) is 3. The molecular formula is C30H39N3. The lowest BCUT2D eigenvalue weighted by Gasteiger charge is -2.16. The van der Waals surface area contributed by atoms with Gasteiger partial charge < -0.3 is 0 Å². The molecule has 0 saturated carbocycles. The Kier molecular flexibility index (Phi) is 6.93. The number of benzene rings is 2. The van der Waals surface area contributed by atoms with Crippen LogP contribution in [0.4, 0.5) is 11.4 Å². The second-order valence-electron chi connectivity index (χ2n) is 9.69. The first-order chi connectivity index (χ1) is 15.4. The maximum Gasteiger partial charge on any atom is 0.0810 e. The summed E-state index contributed by atoms with van der Waals surface area (Å²) < 4.78 is 0. The monoisotopic (exact) mass is 441 g/mol. The van der Waals surface area contributed by atoms with E-state index in [9.17, 15) is 0 Å². The highest BCUT2D eigenvalue weighted by molar-refractivity contribution is 6.43. The van der Waals surface area contributed by atoms with Gasteiger partial charge in [0.2, 0.25) is 0 Å². The van der Waals surface area contributed by atoms with Crippen molar-refractivity contribution < 1.29 is 0 Å². The van der Waals surface area contributed by atoms with E-state index in [1.54, 1.807) is 0 Å². The molecule has 3 rings (SSSR count). The van der Waals surface area contributed by atoms with E-state index < -0.39 is 0 Å². The number of rotatable bonds is 4. The quantitative estimate of drug-likeness (QED) is 0.427. The molecule has 0 bridgehead atoms. The van der Waals surface area contributed by atoms with E-state index in [2.05, 4.69) is 89.2 Å². The minimum Gasteiger partial charge on any atom is -0.251 e. The van der Waals surface area contributed by atoms with E-state index in [4.69, 9.17) is 15.0 Å². The minimum absolute atomic E-state index is 0.795. The summed E-state index contributed by atoms with van der Waals surface area (Å²) in [4.78, 5) is 15.0. The molecule has 1 heterocycles. The van der Waals surface area contributed by atoms with Crippen molar-refractivity contribution in [3.63, 3.8) is 0 Å². The molecule has 0 fully saturated rings. The number of hydrogen-bond donors (Lipinski definition) is 0. The summed E-state index contributed by atoms with van der Waals surface area (Å²) in [5, 5.41) is 0. The lowest BCUT2D eigenvalue weighted by Crippen LogP contribution is -2.08. The second kappa shape index (κ2) is 9.21. The highest BCUT2D eigenvalue weighted by Crippen LogP contribution is 2.34. The first-order valence-electron chi connectivity index (χ1n) is 11.9. The highest BCUT2D eigenvalue weighted by Gasteiger charge is 2.18. The molecule has 1 aliphatic rings. The standard InChI is InChI=1S/C30H39N3/c1-15-17(3)21(7)29(22(8)18(15)4)31-25(11)27-13-14-28(33-27)26(12)32-30-23(9)19(5)16(2)20(6)24(30)10/h13H,14H2,1-12H3. The molecule has 174 valence electrons. The molecule has 3 heteroatoms. The summed E-state index contributed by atoms with van der Waals surface area (Å²) in [5.41, 5.74) is 19.2. The van der Waals surface area contributed by atoms with Gasteiger partial charge in [0, 0.05) is 6.42 Å².